The van der Waals surface area contributed by atoms with E-state index in [1.165, 1.54) is 0 Å². The molecular weight excluding hydrogens is 254 g/mol. The van der Waals surface area contributed by atoms with Crippen molar-refractivity contribution >= 4 is 11.9 Å². The normalized spacial score (nSPS) is 13.6. The van der Waals surface area contributed by atoms with Crippen LogP contribution in [0.25, 0.3) is 0 Å². The van der Waals surface area contributed by atoms with E-state index in [0.29, 0.717) is 12.8 Å². The third-order valence-electron chi connectivity index (χ3n) is 3.68. The zero-order chi connectivity index (χ0) is 15.1. The van der Waals surface area contributed by atoms with Crippen LogP contribution in [-0.2, 0) is 16.0 Å². The molecule has 0 aromatic heterocycles. The van der Waals surface area contributed by atoms with Gasteiger partial charge in [-0.25, -0.2) is 4.79 Å². The second-order valence-electron chi connectivity index (χ2n) is 5.20. The van der Waals surface area contributed by atoms with Crippen LogP contribution in [0.2, 0.25) is 0 Å². The lowest BCUT2D eigenvalue weighted by atomic mass is 9.98. The highest BCUT2D eigenvalue weighted by Crippen LogP contribution is 2.11. The molecule has 0 bridgehead atoms. The number of carboxylic acids is 1. The first-order valence-corrected chi connectivity index (χ1v) is 7.02. The number of carbonyl (C=O) groups is 2. The van der Waals surface area contributed by atoms with E-state index in [1.54, 1.807) is 0 Å². The van der Waals surface area contributed by atoms with Gasteiger partial charge in [0, 0.05) is 6.42 Å². The van der Waals surface area contributed by atoms with Gasteiger partial charge in [0.1, 0.15) is 6.04 Å². The van der Waals surface area contributed by atoms with Gasteiger partial charge in [0.25, 0.3) is 0 Å². The molecule has 0 heterocycles. The Morgan fingerprint density at radius 1 is 1.30 bits per heavy atom. The van der Waals surface area contributed by atoms with Crippen LogP contribution in [0.15, 0.2) is 24.3 Å². The largest absolute Gasteiger partial charge is 0.480 e. The zero-order valence-electron chi connectivity index (χ0n) is 12.3. The highest BCUT2D eigenvalue weighted by atomic mass is 16.4. The first kappa shape index (κ1) is 16.2. The number of carbonyl (C=O) groups excluding carboxylic acids is 1. The maximum atomic E-state index is 11.9. The van der Waals surface area contributed by atoms with Crippen LogP contribution in [0.1, 0.15) is 37.8 Å². The number of amides is 1. The fourth-order valence-electron chi connectivity index (χ4n) is 2.07. The Hall–Kier alpha value is -1.84. The van der Waals surface area contributed by atoms with Gasteiger partial charge in [-0.1, -0.05) is 44.5 Å². The second kappa shape index (κ2) is 7.68. The lowest BCUT2D eigenvalue weighted by Gasteiger charge is -2.20. The zero-order valence-corrected chi connectivity index (χ0v) is 12.3. The average Bonchev–Trinajstić information content (AvgIpc) is 2.42. The number of hydrogen-bond donors (Lipinski definition) is 2. The van der Waals surface area contributed by atoms with E-state index in [1.807, 2.05) is 45.0 Å². The van der Waals surface area contributed by atoms with Gasteiger partial charge in [0.15, 0.2) is 0 Å². The smallest absolute Gasteiger partial charge is 0.326 e. The van der Waals surface area contributed by atoms with Gasteiger partial charge >= 0.3 is 5.97 Å². The molecule has 4 heteroatoms. The first-order chi connectivity index (χ1) is 9.45. The van der Waals surface area contributed by atoms with Crippen molar-refractivity contribution in [1.29, 1.82) is 0 Å². The van der Waals surface area contributed by atoms with Gasteiger partial charge in [-0.3, -0.25) is 4.79 Å². The summed E-state index contributed by atoms with van der Waals surface area (Å²) in [6.07, 6.45) is 1.66. The molecule has 20 heavy (non-hydrogen) atoms. The third-order valence-corrected chi connectivity index (χ3v) is 3.68. The second-order valence-corrected chi connectivity index (χ2v) is 5.20. The third kappa shape index (κ3) is 4.68. The van der Waals surface area contributed by atoms with E-state index < -0.39 is 12.0 Å². The first-order valence-electron chi connectivity index (χ1n) is 7.02. The van der Waals surface area contributed by atoms with Gasteiger partial charge in [-0.05, 0) is 30.4 Å². The molecule has 4 nitrogen and oxygen atoms in total. The Morgan fingerprint density at radius 2 is 1.95 bits per heavy atom. The van der Waals surface area contributed by atoms with Gasteiger partial charge in [-0.2, -0.15) is 0 Å². The van der Waals surface area contributed by atoms with Crippen LogP contribution >= 0.6 is 0 Å². The number of carboxylic acid groups (broad SMARTS) is 1. The van der Waals surface area contributed by atoms with Crippen LogP contribution in [0.3, 0.4) is 0 Å². The lowest BCUT2D eigenvalue weighted by molar-refractivity contribution is -0.143. The van der Waals surface area contributed by atoms with Crippen LogP contribution in [0, 0.1) is 12.8 Å². The fraction of sp³-hybridized carbons (Fsp3) is 0.500. The summed E-state index contributed by atoms with van der Waals surface area (Å²) in [5.74, 6) is -1.25. The lowest BCUT2D eigenvalue weighted by Crippen LogP contribution is -2.45. The van der Waals surface area contributed by atoms with Crippen LogP contribution < -0.4 is 5.32 Å². The molecule has 110 valence electrons. The number of benzene rings is 1. The molecule has 2 atom stereocenters. The van der Waals surface area contributed by atoms with Gasteiger partial charge in [-0.15, -0.1) is 0 Å². The fourth-order valence-corrected chi connectivity index (χ4v) is 2.07. The van der Waals surface area contributed by atoms with Gasteiger partial charge < -0.3 is 10.4 Å². The molecule has 1 aromatic carbocycles. The summed E-state index contributed by atoms with van der Waals surface area (Å²) < 4.78 is 0. The van der Waals surface area contributed by atoms with E-state index >= 15 is 0 Å². The van der Waals surface area contributed by atoms with Crippen molar-refractivity contribution < 1.29 is 14.7 Å². The Morgan fingerprint density at radius 3 is 2.50 bits per heavy atom. The highest BCUT2D eigenvalue weighted by molar-refractivity contribution is 5.83. The van der Waals surface area contributed by atoms with Crippen molar-refractivity contribution in [2.24, 2.45) is 5.92 Å². The van der Waals surface area contributed by atoms with Gasteiger partial charge in [0.2, 0.25) is 5.91 Å². The quantitative estimate of drug-likeness (QED) is 0.805. The predicted molar refractivity (Wildman–Crippen MR) is 78.5 cm³/mol. The summed E-state index contributed by atoms with van der Waals surface area (Å²) in [5.41, 5.74) is 2.27. The molecule has 0 spiro atoms. The Kier molecular flexibility index (Phi) is 6.22. The van der Waals surface area contributed by atoms with Crippen molar-refractivity contribution in [2.45, 2.75) is 46.1 Å². The maximum Gasteiger partial charge on any atom is 0.326 e. The van der Waals surface area contributed by atoms with Gasteiger partial charge in [0.05, 0.1) is 0 Å². The summed E-state index contributed by atoms with van der Waals surface area (Å²) in [5, 5.41) is 11.8. The summed E-state index contributed by atoms with van der Waals surface area (Å²) in [7, 11) is 0. The minimum atomic E-state index is -0.969. The SMILES string of the molecule is CCC(C)[C@H](NC(=O)CCc1ccccc1C)C(=O)O. The van der Waals surface area contributed by atoms with Crippen molar-refractivity contribution in [1.82, 2.24) is 5.32 Å². The average molecular weight is 277 g/mol. The van der Waals surface area contributed by atoms with Crippen molar-refractivity contribution in [3.05, 3.63) is 35.4 Å². The molecule has 1 amide bonds. The Bertz CT molecular complexity index is 471. The number of nitrogens with one attached hydrogen (secondary N) is 1. The van der Waals surface area contributed by atoms with Crippen molar-refractivity contribution in [3.8, 4) is 0 Å². The number of hydrogen-bond acceptors (Lipinski definition) is 2. The monoisotopic (exact) mass is 277 g/mol. The maximum absolute atomic E-state index is 11.9. The van der Waals surface area contributed by atoms with E-state index in [2.05, 4.69) is 5.32 Å². The standard InChI is InChI=1S/C16H23NO3/c1-4-11(2)15(16(19)20)17-14(18)10-9-13-8-6-5-7-12(13)3/h5-8,11,15H,4,9-10H2,1-3H3,(H,17,18)(H,19,20)/t11?,15-/m0/s1. The number of aryl methyl sites for hydroxylation is 2. The molecule has 1 rings (SSSR count). The van der Waals surface area contributed by atoms with Crippen LogP contribution in [0.5, 0.6) is 0 Å². The van der Waals surface area contributed by atoms with E-state index in [9.17, 15) is 9.59 Å². The Balaban J connectivity index is 2.55. The molecule has 1 unspecified atom stereocenters. The van der Waals surface area contributed by atoms with Crippen molar-refractivity contribution in [3.63, 3.8) is 0 Å². The summed E-state index contributed by atoms with van der Waals surface area (Å²) >= 11 is 0. The van der Waals surface area contributed by atoms with E-state index in [4.69, 9.17) is 5.11 Å². The molecule has 2 N–H and O–H groups in total. The molecule has 0 aliphatic carbocycles. The molecule has 0 aliphatic rings. The van der Waals surface area contributed by atoms with Crippen LogP contribution in [0.4, 0.5) is 0 Å². The topological polar surface area (TPSA) is 66.4 Å². The summed E-state index contributed by atoms with van der Waals surface area (Å²) in [6.45, 7) is 5.76. The summed E-state index contributed by atoms with van der Waals surface area (Å²) in [6, 6.07) is 7.10. The number of aliphatic carboxylic acids is 1. The molecular formula is C16H23NO3. The minimum absolute atomic E-state index is 0.0742. The molecule has 0 saturated heterocycles. The highest BCUT2D eigenvalue weighted by Gasteiger charge is 2.24. The molecule has 0 fully saturated rings. The van der Waals surface area contributed by atoms with E-state index in [0.717, 1.165) is 17.5 Å². The molecule has 1 aromatic rings. The molecule has 0 radical (unpaired) electrons. The molecule has 0 aliphatic heterocycles. The minimum Gasteiger partial charge on any atom is -0.480 e. The Labute approximate surface area is 120 Å². The van der Waals surface area contributed by atoms with Crippen molar-refractivity contribution in [2.75, 3.05) is 0 Å². The molecule has 0 saturated carbocycles. The predicted octanol–water partition coefficient (Wildman–Crippen LogP) is 2.54. The number of rotatable bonds is 7. The van der Waals surface area contributed by atoms with E-state index in [-0.39, 0.29) is 11.8 Å². The van der Waals surface area contributed by atoms with Crippen LogP contribution in [-0.4, -0.2) is 23.0 Å². The summed E-state index contributed by atoms with van der Waals surface area (Å²) in [4.78, 5) is 23.0.